The van der Waals surface area contributed by atoms with Crippen LogP contribution < -0.4 is 0 Å². The van der Waals surface area contributed by atoms with E-state index in [1.165, 1.54) is 27.8 Å². The summed E-state index contributed by atoms with van der Waals surface area (Å²) in [5.74, 6) is 0.364. The summed E-state index contributed by atoms with van der Waals surface area (Å²) in [6.07, 6.45) is 1.78. The van der Waals surface area contributed by atoms with Crippen molar-refractivity contribution in [1.82, 2.24) is 4.90 Å². The molecule has 0 amide bonds. The van der Waals surface area contributed by atoms with Gasteiger partial charge in [0.05, 0.1) is 19.1 Å². The van der Waals surface area contributed by atoms with Gasteiger partial charge in [-0.3, -0.25) is 9.69 Å². The zero-order chi connectivity index (χ0) is 20.8. The Morgan fingerprint density at radius 1 is 0.774 bits per heavy atom. The van der Waals surface area contributed by atoms with Gasteiger partial charge in [0.2, 0.25) is 0 Å². The molecule has 0 saturated carbocycles. The average Bonchev–Trinajstić information content (AvgIpc) is 3.14. The van der Waals surface area contributed by atoms with Gasteiger partial charge in [-0.25, -0.2) is 0 Å². The smallest absolute Gasteiger partial charge is 0.147 e. The van der Waals surface area contributed by atoms with Crippen molar-refractivity contribution >= 4 is 5.78 Å². The maximum atomic E-state index is 14.0. The van der Waals surface area contributed by atoms with Gasteiger partial charge in [0.15, 0.2) is 0 Å². The van der Waals surface area contributed by atoms with Gasteiger partial charge in [0.25, 0.3) is 0 Å². The van der Waals surface area contributed by atoms with Crippen LogP contribution in [0.4, 0.5) is 0 Å². The Kier molecular flexibility index (Phi) is 4.74. The normalized spacial score (nSPS) is 25.1. The van der Waals surface area contributed by atoms with Gasteiger partial charge in [-0.05, 0) is 40.7 Å². The molecule has 2 bridgehead atoms. The third-order valence-electron chi connectivity index (χ3n) is 7.40. The molecule has 156 valence electrons. The minimum Gasteiger partial charge on any atom is -0.378 e. The number of piperidine rings is 1. The number of carbonyl (C=O) groups is 1. The minimum absolute atomic E-state index is 0.0927. The first-order chi connectivity index (χ1) is 15.3. The molecule has 31 heavy (non-hydrogen) atoms. The number of morpholine rings is 1. The summed E-state index contributed by atoms with van der Waals surface area (Å²) < 4.78 is 5.92. The molecule has 3 aromatic carbocycles. The van der Waals surface area contributed by atoms with Crippen molar-refractivity contribution in [3.05, 3.63) is 95.6 Å². The summed E-state index contributed by atoms with van der Waals surface area (Å²) >= 11 is 0. The van der Waals surface area contributed by atoms with Crippen molar-refractivity contribution in [2.75, 3.05) is 13.2 Å². The Hall–Kier alpha value is -2.75. The number of Topliss-reactive ketones (excluding diaryl/α,β-unsaturated/α-hetero) is 1. The van der Waals surface area contributed by atoms with Gasteiger partial charge in [-0.15, -0.1) is 0 Å². The second-order valence-electron chi connectivity index (χ2n) is 9.18. The lowest BCUT2D eigenvalue weighted by Crippen LogP contribution is -2.57. The first-order valence-electron chi connectivity index (χ1n) is 11.4. The minimum atomic E-state index is -0.125. The van der Waals surface area contributed by atoms with Crippen molar-refractivity contribution in [3.63, 3.8) is 0 Å². The summed E-state index contributed by atoms with van der Waals surface area (Å²) in [5.41, 5.74) is 6.15. The number of benzene rings is 3. The van der Waals surface area contributed by atoms with Crippen LogP contribution in [0.25, 0.3) is 11.1 Å². The fraction of sp³-hybridized carbons (Fsp3) is 0.321. The Bertz CT molecular complexity index is 1050. The molecule has 2 unspecified atom stereocenters. The van der Waals surface area contributed by atoms with E-state index in [-0.39, 0.29) is 11.8 Å². The summed E-state index contributed by atoms with van der Waals surface area (Å²) in [5, 5.41) is 0. The fourth-order valence-electron chi connectivity index (χ4n) is 5.97. The number of nitrogens with zero attached hydrogens (tertiary/aromatic N) is 1. The molecule has 2 saturated heterocycles. The average molecular weight is 410 g/mol. The Labute approximate surface area is 183 Å². The molecular weight excluding hydrogens is 382 g/mol. The Balaban J connectivity index is 1.28. The predicted octanol–water partition coefficient (Wildman–Crippen LogP) is 5.05. The SMILES string of the molecule is O=C(C1CC2COCC(C1)N2Cc1ccccc1)C1c2ccccc2-c2ccccc21. The van der Waals surface area contributed by atoms with Crippen molar-refractivity contribution in [1.29, 1.82) is 0 Å². The van der Waals surface area contributed by atoms with E-state index in [4.69, 9.17) is 4.74 Å². The van der Waals surface area contributed by atoms with Crippen LogP contribution in [0.1, 0.15) is 35.4 Å². The third-order valence-corrected chi connectivity index (χ3v) is 7.40. The fourth-order valence-corrected chi connectivity index (χ4v) is 5.97. The molecule has 3 nitrogen and oxygen atoms in total. The van der Waals surface area contributed by atoms with E-state index in [1.54, 1.807) is 0 Å². The van der Waals surface area contributed by atoms with Crippen LogP contribution >= 0.6 is 0 Å². The topological polar surface area (TPSA) is 29.5 Å². The quantitative estimate of drug-likeness (QED) is 0.604. The summed E-state index contributed by atoms with van der Waals surface area (Å²) in [6.45, 7) is 2.39. The van der Waals surface area contributed by atoms with E-state index in [0.29, 0.717) is 17.9 Å². The van der Waals surface area contributed by atoms with Gasteiger partial charge < -0.3 is 4.74 Å². The molecule has 2 atom stereocenters. The van der Waals surface area contributed by atoms with Crippen LogP contribution in [-0.4, -0.2) is 36.0 Å². The second-order valence-corrected chi connectivity index (χ2v) is 9.18. The van der Waals surface area contributed by atoms with E-state index >= 15 is 0 Å². The van der Waals surface area contributed by atoms with Gasteiger partial charge in [-0.2, -0.15) is 0 Å². The summed E-state index contributed by atoms with van der Waals surface area (Å²) in [4.78, 5) is 16.5. The lowest BCUT2D eigenvalue weighted by atomic mass is 9.76. The molecular formula is C28H27NO2. The largest absolute Gasteiger partial charge is 0.378 e. The standard InChI is InChI=1S/C28H27NO2/c30-28(27-25-12-6-4-10-23(25)24-11-5-7-13-26(24)27)20-14-21-17-31-18-22(15-20)29(21)16-19-8-2-1-3-9-19/h1-13,20-22,27H,14-18H2. The number of rotatable bonds is 4. The summed E-state index contributed by atoms with van der Waals surface area (Å²) in [6, 6.07) is 28.2. The molecule has 0 spiro atoms. The molecule has 2 fully saturated rings. The highest BCUT2D eigenvalue weighted by Crippen LogP contribution is 2.47. The first-order valence-corrected chi connectivity index (χ1v) is 11.4. The lowest BCUT2D eigenvalue weighted by molar-refractivity contribution is -0.134. The van der Waals surface area contributed by atoms with Gasteiger partial charge in [-0.1, -0.05) is 78.9 Å². The Morgan fingerprint density at radius 2 is 1.32 bits per heavy atom. The summed E-state index contributed by atoms with van der Waals surface area (Å²) in [7, 11) is 0. The highest BCUT2D eigenvalue weighted by Gasteiger charge is 2.44. The molecule has 3 aromatic rings. The Morgan fingerprint density at radius 3 is 1.94 bits per heavy atom. The van der Waals surface area contributed by atoms with E-state index in [2.05, 4.69) is 83.8 Å². The highest BCUT2D eigenvalue weighted by molar-refractivity contribution is 5.98. The second kappa shape index (κ2) is 7.74. The number of hydrogen-bond donors (Lipinski definition) is 0. The maximum Gasteiger partial charge on any atom is 0.147 e. The van der Waals surface area contributed by atoms with Crippen LogP contribution in [0.3, 0.4) is 0 Å². The van der Waals surface area contributed by atoms with Crippen LogP contribution in [0, 0.1) is 5.92 Å². The van der Waals surface area contributed by atoms with Crippen LogP contribution in [0.2, 0.25) is 0 Å². The van der Waals surface area contributed by atoms with E-state index in [1.807, 2.05) is 0 Å². The van der Waals surface area contributed by atoms with Crippen molar-refractivity contribution in [2.24, 2.45) is 5.92 Å². The van der Waals surface area contributed by atoms with Crippen LogP contribution in [0.5, 0.6) is 0 Å². The molecule has 2 aliphatic heterocycles. The van der Waals surface area contributed by atoms with Gasteiger partial charge >= 0.3 is 0 Å². The number of ether oxygens (including phenoxy) is 1. The van der Waals surface area contributed by atoms with Crippen molar-refractivity contribution in [3.8, 4) is 11.1 Å². The molecule has 1 aliphatic carbocycles. The molecule has 3 aliphatic rings. The molecule has 0 aromatic heterocycles. The van der Waals surface area contributed by atoms with Crippen molar-refractivity contribution < 1.29 is 9.53 Å². The number of hydrogen-bond acceptors (Lipinski definition) is 3. The van der Waals surface area contributed by atoms with E-state index < -0.39 is 0 Å². The third kappa shape index (κ3) is 3.24. The molecule has 2 heterocycles. The zero-order valence-electron chi connectivity index (χ0n) is 17.6. The predicted molar refractivity (Wildman–Crippen MR) is 122 cm³/mol. The number of ketones is 1. The molecule has 3 heteroatoms. The van der Waals surface area contributed by atoms with Crippen LogP contribution in [0.15, 0.2) is 78.9 Å². The molecule has 0 N–H and O–H groups in total. The van der Waals surface area contributed by atoms with E-state index in [0.717, 1.165) is 32.6 Å². The van der Waals surface area contributed by atoms with Crippen LogP contribution in [-0.2, 0) is 16.1 Å². The zero-order valence-corrected chi connectivity index (χ0v) is 17.6. The van der Waals surface area contributed by atoms with Crippen molar-refractivity contribution in [2.45, 2.75) is 37.4 Å². The molecule has 6 rings (SSSR count). The monoisotopic (exact) mass is 409 g/mol. The number of carbonyl (C=O) groups excluding carboxylic acids is 1. The van der Waals surface area contributed by atoms with Gasteiger partial charge in [0, 0.05) is 24.5 Å². The number of fused-ring (bicyclic) bond motifs is 5. The maximum absolute atomic E-state index is 14.0. The van der Waals surface area contributed by atoms with Gasteiger partial charge in [0.1, 0.15) is 5.78 Å². The molecule has 0 radical (unpaired) electrons. The first kappa shape index (κ1) is 19.0. The van der Waals surface area contributed by atoms with E-state index in [9.17, 15) is 4.79 Å². The lowest BCUT2D eigenvalue weighted by Gasteiger charge is -2.48. The highest BCUT2D eigenvalue weighted by atomic mass is 16.5.